The molecule has 0 aromatic rings. The molecule has 0 radical (unpaired) electrons. The number of carbonyl (C=O) groups excluding carboxylic acids is 3. The number of esters is 3. The highest BCUT2D eigenvalue weighted by Gasteiger charge is 2.19. The Labute approximate surface area is 503 Å². The van der Waals surface area contributed by atoms with E-state index in [1.165, 1.54) is 225 Å². The lowest BCUT2D eigenvalue weighted by Gasteiger charge is -2.18. The fourth-order valence-electron chi connectivity index (χ4n) is 10.1. The van der Waals surface area contributed by atoms with Gasteiger partial charge in [-0.3, -0.25) is 14.4 Å². The molecule has 0 heterocycles. The molecule has 1 atom stereocenters. The van der Waals surface area contributed by atoms with Crippen molar-refractivity contribution >= 4 is 17.9 Å². The maximum absolute atomic E-state index is 13.0. The zero-order valence-electron chi connectivity index (χ0n) is 53.8. The largest absolute Gasteiger partial charge is 0.462 e. The lowest BCUT2D eigenvalue weighted by atomic mass is 10.0. The Bertz CT molecular complexity index is 1530. The zero-order chi connectivity index (χ0) is 58.5. The second-order valence-corrected chi connectivity index (χ2v) is 23.4. The van der Waals surface area contributed by atoms with Crippen LogP contribution < -0.4 is 0 Å². The highest BCUT2D eigenvalue weighted by atomic mass is 16.6. The van der Waals surface area contributed by atoms with Crippen molar-refractivity contribution in [3.63, 3.8) is 0 Å². The van der Waals surface area contributed by atoms with Crippen molar-refractivity contribution in [3.8, 4) is 0 Å². The van der Waals surface area contributed by atoms with Crippen LogP contribution in [0.15, 0.2) is 85.1 Å². The Morgan fingerprint density at radius 1 is 0.259 bits per heavy atom. The minimum absolute atomic E-state index is 0.0786. The third-order valence-electron chi connectivity index (χ3n) is 15.4. The van der Waals surface area contributed by atoms with Crippen molar-refractivity contribution in [2.24, 2.45) is 0 Å². The molecule has 0 aliphatic carbocycles. The second-order valence-electron chi connectivity index (χ2n) is 23.4. The number of hydrogen-bond acceptors (Lipinski definition) is 6. The first-order valence-corrected chi connectivity index (χ1v) is 35.1. The molecule has 0 aromatic heterocycles. The predicted octanol–water partition coefficient (Wildman–Crippen LogP) is 24.2. The summed E-state index contributed by atoms with van der Waals surface area (Å²) >= 11 is 0. The van der Waals surface area contributed by atoms with Crippen molar-refractivity contribution < 1.29 is 28.6 Å². The third kappa shape index (κ3) is 67.3. The van der Waals surface area contributed by atoms with Gasteiger partial charge in [-0.15, -0.1) is 0 Å². The average molecular weight is 1130 g/mol. The number of allylic oxidation sites excluding steroid dienone is 14. The Balaban J connectivity index is 4.36. The van der Waals surface area contributed by atoms with E-state index in [2.05, 4.69) is 106 Å². The molecule has 6 heteroatoms. The Morgan fingerprint density at radius 3 is 0.765 bits per heavy atom. The Morgan fingerprint density at radius 2 is 0.481 bits per heavy atom. The molecule has 81 heavy (non-hydrogen) atoms. The SMILES string of the molecule is CC/C=C\C/C=C\C/C=C\C/C=C\CCCCCCCCCCCCC(=O)OCC(COC(=O)CCCCCCCCC/C=C\CCCCCCCC)OC(=O)CCCCCCCCCCCCC/C=C\C/C=C\CCCCCCC. The van der Waals surface area contributed by atoms with Crippen LogP contribution in [0.25, 0.3) is 0 Å². The van der Waals surface area contributed by atoms with Gasteiger partial charge in [0.1, 0.15) is 13.2 Å². The van der Waals surface area contributed by atoms with E-state index in [9.17, 15) is 14.4 Å². The van der Waals surface area contributed by atoms with E-state index in [0.717, 1.165) is 89.9 Å². The number of unbranched alkanes of at least 4 members (excludes halogenated alkanes) is 39. The van der Waals surface area contributed by atoms with E-state index in [-0.39, 0.29) is 31.1 Å². The molecular weight excluding hydrogens is 997 g/mol. The summed E-state index contributed by atoms with van der Waals surface area (Å²) in [6, 6.07) is 0. The summed E-state index contributed by atoms with van der Waals surface area (Å²) in [5.41, 5.74) is 0. The quantitative estimate of drug-likeness (QED) is 0.0261. The first-order valence-electron chi connectivity index (χ1n) is 35.1. The molecule has 0 aromatic carbocycles. The maximum atomic E-state index is 13.0. The molecule has 0 rings (SSSR count). The van der Waals surface area contributed by atoms with Crippen molar-refractivity contribution in [1.82, 2.24) is 0 Å². The summed E-state index contributed by atoms with van der Waals surface area (Å²) in [4.78, 5) is 38.5. The smallest absolute Gasteiger partial charge is 0.306 e. The van der Waals surface area contributed by atoms with Gasteiger partial charge in [-0.25, -0.2) is 0 Å². The predicted molar refractivity (Wildman–Crippen MR) is 353 cm³/mol. The molecule has 468 valence electrons. The normalized spacial score (nSPS) is 12.6. The lowest BCUT2D eigenvalue weighted by molar-refractivity contribution is -0.167. The lowest BCUT2D eigenvalue weighted by Crippen LogP contribution is -2.30. The van der Waals surface area contributed by atoms with Gasteiger partial charge in [-0.05, 0) is 116 Å². The zero-order valence-corrected chi connectivity index (χ0v) is 53.8. The van der Waals surface area contributed by atoms with Crippen molar-refractivity contribution in [3.05, 3.63) is 85.1 Å². The minimum Gasteiger partial charge on any atom is -0.462 e. The number of rotatable bonds is 64. The van der Waals surface area contributed by atoms with Gasteiger partial charge < -0.3 is 14.2 Å². The second kappa shape index (κ2) is 69.1. The average Bonchev–Trinajstić information content (AvgIpc) is 3.47. The number of hydrogen-bond donors (Lipinski definition) is 0. The summed E-state index contributed by atoms with van der Waals surface area (Å²) in [6.45, 7) is 6.55. The van der Waals surface area contributed by atoms with Crippen molar-refractivity contribution in [2.45, 2.75) is 361 Å². The van der Waals surface area contributed by atoms with E-state index in [0.29, 0.717) is 19.3 Å². The Hall–Kier alpha value is -3.41. The molecule has 1 unspecified atom stereocenters. The van der Waals surface area contributed by atoms with E-state index >= 15 is 0 Å². The third-order valence-corrected chi connectivity index (χ3v) is 15.4. The highest BCUT2D eigenvalue weighted by molar-refractivity contribution is 5.71. The van der Waals surface area contributed by atoms with Crippen molar-refractivity contribution in [1.29, 1.82) is 0 Å². The van der Waals surface area contributed by atoms with Gasteiger partial charge in [0.15, 0.2) is 6.10 Å². The summed E-state index contributed by atoms with van der Waals surface area (Å²) < 4.78 is 17.0. The molecule has 0 fully saturated rings. The minimum atomic E-state index is -0.783. The number of carbonyl (C=O) groups is 3. The molecule has 0 aliphatic heterocycles. The van der Waals surface area contributed by atoms with Gasteiger partial charge >= 0.3 is 17.9 Å². The van der Waals surface area contributed by atoms with Gasteiger partial charge in [-0.2, -0.15) is 0 Å². The molecule has 0 saturated heterocycles. The van der Waals surface area contributed by atoms with Crippen LogP contribution >= 0.6 is 0 Å². The van der Waals surface area contributed by atoms with Crippen LogP contribution in [0.3, 0.4) is 0 Å². The van der Waals surface area contributed by atoms with Crippen LogP contribution in [0.5, 0.6) is 0 Å². The first-order chi connectivity index (χ1) is 40.0. The summed E-state index contributed by atoms with van der Waals surface area (Å²) in [6.07, 6.45) is 91.7. The van der Waals surface area contributed by atoms with Crippen LogP contribution in [0.1, 0.15) is 355 Å². The van der Waals surface area contributed by atoms with E-state index in [1.807, 2.05) is 0 Å². The maximum Gasteiger partial charge on any atom is 0.306 e. The standard InChI is InChI=1S/C75H132O6/c1-4-7-10-13-16-19-22-25-28-31-33-35-37-39-41-44-47-50-53-56-59-62-65-68-74(77)80-71-72(70-79-73(76)67-64-61-58-55-52-49-46-43-30-27-24-21-18-15-12-9-6-3)81-75(78)69-66-63-60-57-54-51-48-45-42-40-38-36-34-32-29-26-23-20-17-14-11-8-5-2/h7,10,16,19,23,25-28,30,32-35,72H,4-6,8-9,11-15,17-18,20-22,24,29,31,36-71H2,1-3H3/b10-7-,19-16-,26-23-,28-25-,30-27-,34-32-,35-33-. The molecule has 0 saturated carbocycles. The van der Waals surface area contributed by atoms with Gasteiger partial charge in [0.25, 0.3) is 0 Å². The van der Waals surface area contributed by atoms with E-state index < -0.39 is 6.10 Å². The van der Waals surface area contributed by atoms with Crippen LogP contribution in [-0.4, -0.2) is 37.2 Å². The summed E-state index contributed by atoms with van der Waals surface area (Å²) in [7, 11) is 0. The molecule has 0 bridgehead atoms. The van der Waals surface area contributed by atoms with Gasteiger partial charge in [-0.1, -0.05) is 305 Å². The van der Waals surface area contributed by atoms with Crippen molar-refractivity contribution in [2.75, 3.05) is 13.2 Å². The van der Waals surface area contributed by atoms with Gasteiger partial charge in [0, 0.05) is 19.3 Å². The van der Waals surface area contributed by atoms with Gasteiger partial charge in [0.2, 0.25) is 0 Å². The molecular formula is C75H132O6. The van der Waals surface area contributed by atoms with Crippen LogP contribution in [-0.2, 0) is 28.6 Å². The molecule has 6 nitrogen and oxygen atoms in total. The van der Waals surface area contributed by atoms with Crippen LogP contribution in [0, 0.1) is 0 Å². The Kier molecular flexibility index (Phi) is 66.2. The summed E-state index contributed by atoms with van der Waals surface area (Å²) in [5.74, 6) is -0.870. The van der Waals surface area contributed by atoms with E-state index in [1.54, 1.807) is 0 Å². The van der Waals surface area contributed by atoms with Crippen LogP contribution in [0.4, 0.5) is 0 Å². The summed E-state index contributed by atoms with van der Waals surface area (Å²) in [5, 5.41) is 0. The monoisotopic (exact) mass is 1130 g/mol. The topological polar surface area (TPSA) is 78.9 Å². The first kappa shape index (κ1) is 77.6. The fraction of sp³-hybridized carbons (Fsp3) is 0.773. The fourth-order valence-corrected chi connectivity index (χ4v) is 10.1. The van der Waals surface area contributed by atoms with Crippen LogP contribution in [0.2, 0.25) is 0 Å². The highest BCUT2D eigenvalue weighted by Crippen LogP contribution is 2.17. The molecule has 0 spiro atoms. The van der Waals surface area contributed by atoms with Gasteiger partial charge in [0.05, 0.1) is 0 Å². The molecule has 0 N–H and O–H groups in total. The number of ether oxygens (including phenoxy) is 3. The van der Waals surface area contributed by atoms with E-state index in [4.69, 9.17) is 14.2 Å². The molecule has 0 amide bonds. The molecule has 0 aliphatic rings.